The second-order valence-corrected chi connectivity index (χ2v) is 10.1. The molecule has 0 saturated carbocycles. The van der Waals surface area contributed by atoms with Crippen molar-refractivity contribution in [3.05, 3.63) is 42.5 Å². The van der Waals surface area contributed by atoms with Crippen molar-refractivity contribution in [3.63, 3.8) is 0 Å². The van der Waals surface area contributed by atoms with Crippen LogP contribution in [0.5, 0.6) is 5.75 Å². The number of nitrogens with zero attached hydrogens (tertiary/aromatic N) is 3. The van der Waals surface area contributed by atoms with Crippen LogP contribution in [0.4, 0.5) is 5.69 Å². The third-order valence-corrected chi connectivity index (χ3v) is 6.60. The Morgan fingerprint density at radius 2 is 1.72 bits per heavy atom. The molecule has 198 valence electrons. The minimum atomic E-state index is 0. The van der Waals surface area contributed by atoms with Gasteiger partial charge in [0.2, 0.25) is 11.1 Å². The Hall–Kier alpha value is -1.37. The van der Waals surface area contributed by atoms with Crippen molar-refractivity contribution in [3.8, 4) is 5.75 Å². The monoisotopic (exact) mass is 718 g/mol. The molecule has 4 aromatic rings. The molecule has 0 bridgehead atoms. The van der Waals surface area contributed by atoms with Crippen molar-refractivity contribution in [1.82, 2.24) is 4.90 Å². The minimum absolute atomic E-state index is 0. The van der Waals surface area contributed by atoms with Crippen molar-refractivity contribution in [2.75, 3.05) is 65.8 Å². The largest absolute Gasteiger partial charge is 1.00 e. The number of para-hydroxylation sites is 1. The second kappa shape index (κ2) is 13.4. The Bertz CT molecular complexity index is 1280. The number of likely N-dealkylation sites (N-methyl/N-ethyl adjacent to an activating group) is 1. The quantitative estimate of drug-likeness (QED) is 0.0918. The molecule has 0 aliphatic heterocycles. The van der Waals surface area contributed by atoms with Crippen LogP contribution in [0.1, 0.15) is 20.3 Å². The van der Waals surface area contributed by atoms with Gasteiger partial charge >= 0.3 is 0 Å². The zero-order valence-electron chi connectivity index (χ0n) is 22.4. The zero-order valence-corrected chi connectivity index (χ0v) is 26.7. The van der Waals surface area contributed by atoms with E-state index in [4.69, 9.17) is 9.15 Å². The highest BCUT2D eigenvalue weighted by molar-refractivity contribution is 6.11. The van der Waals surface area contributed by atoms with E-state index in [1.807, 2.05) is 12.1 Å². The highest BCUT2D eigenvalue weighted by Gasteiger charge is 2.25. The van der Waals surface area contributed by atoms with E-state index in [2.05, 4.69) is 87.2 Å². The SMILES string of the molecule is CCN(CC)CCNc1c2ccccc2[n+](C)c2c1oc1ccc(OCCC[N+](C)(C)C)cc12.[I-].[I-]. The number of pyridine rings is 1. The highest BCUT2D eigenvalue weighted by Crippen LogP contribution is 2.37. The summed E-state index contributed by atoms with van der Waals surface area (Å²) in [6, 6.07) is 14.7. The molecule has 0 spiro atoms. The molecule has 2 aromatic heterocycles. The Kier molecular flexibility index (Phi) is 11.5. The molecule has 0 saturated heterocycles. The fourth-order valence-electron chi connectivity index (χ4n) is 4.66. The number of quaternary nitrogens is 1. The van der Waals surface area contributed by atoms with Crippen molar-refractivity contribution in [1.29, 1.82) is 0 Å². The number of rotatable bonds is 11. The first-order valence-electron chi connectivity index (χ1n) is 12.5. The van der Waals surface area contributed by atoms with E-state index in [0.29, 0.717) is 6.61 Å². The summed E-state index contributed by atoms with van der Waals surface area (Å²) in [4.78, 5) is 2.43. The molecule has 0 unspecified atom stereocenters. The molecular formula is C28H40I2N4O2. The van der Waals surface area contributed by atoms with Crippen molar-refractivity contribution in [2.45, 2.75) is 20.3 Å². The van der Waals surface area contributed by atoms with Crippen LogP contribution in [-0.4, -0.2) is 69.9 Å². The fraction of sp³-hybridized carbons (Fsp3) is 0.464. The standard InChI is InChI=1S/C28H39N4O2.2HI/c1-7-31(8-2)17-16-29-26-22-12-9-10-13-24(22)30(3)27-23-20-21(14-15-25(23)34-28(26)27)33-19-11-18-32(4,5)6;;/h9-10,12-15,20H,7-8,11,16-19H2,1-6H3;2*1H/q+1;;/p-1. The average Bonchev–Trinajstić information content (AvgIpc) is 3.20. The Labute approximate surface area is 249 Å². The van der Waals surface area contributed by atoms with Gasteiger partial charge in [-0.2, -0.15) is 4.57 Å². The van der Waals surface area contributed by atoms with Gasteiger partial charge in [-0.25, -0.2) is 0 Å². The van der Waals surface area contributed by atoms with Gasteiger partial charge in [-0.15, -0.1) is 0 Å². The first-order valence-corrected chi connectivity index (χ1v) is 12.5. The Balaban J connectivity index is 0.00000228. The smallest absolute Gasteiger partial charge is 0.261 e. The van der Waals surface area contributed by atoms with E-state index in [-0.39, 0.29) is 48.0 Å². The third kappa shape index (κ3) is 6.93. The van der Waals surface area contributed by atoms with Gasteiger partial charge in [-0.1, -0.05) is 26.0 Å². The lowest BCUT2D eigenvalue weighted by Crippen LogP contribution is -3.00. The van der Waals surface area contributed by atoms with Crippen LogP contribution < -0.4 is 62.6 Å². The zero-order chi connectivity index (χ0) is 24.3. The predicted molar refractivity (Wildman–Crippen MR) is 142 cm³/mol. The van der Waals surface area contributed by atoms with E-state index in [1.165, 1.54) is 10.9 Å². The maximum absolute atomic E-state index is 6.45. The summed E-state index contributed by atoms with van der Waals surface area (Å²) in [5, 5.41) is 5.96. The van der Waals surface area contributed by atoms with Gasteiger partial charge in [0.15, 0.2) is 0 Å². The lowest BCUT2D eigenvalue weighted by Gasteiger charge is -2.23. The molecule has 36 heavy (non-hydrogen) atoms. The number of aromatic nitrogens is 1. The van der Waals surface area contributed by atoms with Crippen LogP contribution in [0.15, 0.2) is 46.9 Å². The van der Waals surface area contributed by atoms with Crippen LogP contribution in [0.25, 0.3) is 33.0 Å². The third-order valence-electron chi connectivity index (χ3n) is 6.60. The van der Waals surface area contributed by atoms with Crippen molar-refractivity contribution < 1.29 is 66.2 Å². The van der Waals surface area contributed by atoms with E-state index >= 15 is 0 Å². The van der Waals surface area contributed by atoms with Gasteiger partial charge in [0, 0.05) is 25.6 Å². The summed E-state index contributed by atoms with van der Waals surface area (Å²) < 4.78 is 15.8. The van der Waals surface area contributed by atoms with Crippen LogP contribution in [0.3, 0.4) is 0 Å². The van der Waals surface area contributed by atoms with E-state index < -0.39 is 0 Å². The topological polar surface area (TPSA) is 41.5 Å². The van der Waals surface area contributed by atoms with Gasteiger partial charge in [0.1, 0.15) is 18.4 Å². The molecule has 8 heteroatoms. The molecular weight excluding hydrogens is 678 g/mol. The number of benzene rings is 2. The second-order valence-electron chi connectivity index (χ2n) is 10.1. The average molecular weight is 718 g/mol. The van der Waals surface area contributed by atoms with Gasteiger partial charge in [-0.05, 0) is 37.4 Å². The first-order chi connectivity index (χ1) is 16.3. The summed E-state index contributed by atoms with van der Waals surface area (Å²) in [5.41, 5.74) is 5.12. The summed E-state index contributed by atoms with van der Waals surface area (Å²) >= 11 is 0. The maximum Gasteiger partial charge on any atom is 0.261 e. The van der Waals surface area contributed by atoms with Gasteiger partial charge < -0.3 is 71.8 Å². The van der Waals surface area contributed by atoms with Crippen LogP contribution in [0, 0.1) is 0 Å². The molecule has 0 aliphatic carbocycles. The summed E-state index contributed by atoms with van der Waals surface area (Å²) in [6.45, 7) is 10.2. The number of hydrogen-bond acceptors (Lipinski definition) is 4. The van der Waals surface area contributed by atoms with Crippen LogP contribution >= 0.6 is 0 Å². The fourth-order valence-corrected chi connectivity index (χ4v) is 4.66. The molecule has 6 nitrogen and oxygen atoms in total. The highest BCUT2D eigenvalue weighted by atomic mass is 127. The van der Waals surface area contributed by atoms with Crippen LogP contribution in [0.2, 0.25) is 0 Å². The summed E-state index contributed by atoms with van der Waals surface area (Å²) in [7, 11) is 8.75. The molecule has 0 atom stereocenters. The minimum Gasteiger partial charge on any atom is -1.00 e. The Morgan fingerprint density at radius 1 is 1.00 bits per heavy atom. The van der Waals surface area contributed by atoms with Crippen LogP contribution in [-0.2, 0) is 7.05 Å². The molecule has 2 aromatic carbocycles. The molecule has 0 fully saturated rings. The van der Waals surface area contributed by atoms with E-state index in [1.54, 1.807) is 0 Å². The lowest BCUT2D eigenvalue weighted by molar-refractivity contribution is -0.870. The Morgan fingerprint density at radius 3 is 2.42 bits per heavy atom. The summed E-state index contributed by atoms with van der Waals surface area (Å²) in [5.74, 6) is 0.890. The van der Waals surface area contributed by atoms with Gasteiger partial charge in [0.25, 0.3) is 5.52 Å². The number of nitrogens with one attached hydrogen (secondary N) is 1. The number of anilines is 1. The summed E-state index contributed by atoms with van der Waals surface area (Å²) in [6.07, 6.45) is 1.02. The molecule has 4 rings (SSSR count). The first kappa shape index (κ1) is 30.9. The number of furan rings is 1. The van der Waals surface area contributed by atoms with Gasteiger partial charge in [-0.3, -0.25) is 0 Å². The van der Waals surface area contributed by atoms with E-state index in [9.17, 15) is 0 Å². The number of halogens is 2. The molecule has 2 heterocycles. The molecule has 0 radical (unpaired) electrons. The van der Waals surface area contributed by atoms with E-state index in [0.717, 1.165) is 77.1 Å². The van der Waals surface area contributed by atoms with Crippen molar-refractivity contribution in [2.24, 2.45) is 7.05 Å². The molecule has 0 aliphatic rings. The predicted octanol–water partition coefficient (Wildman–Crippen LogP) is -1.20. The lowest BCUT2D eigenvalue weighted by atomic mass is 10.1. The number of hydrogen-bond donors (Lipinski definition) is 1. The maximum atomic E-state index is 6.45. The molecule has 1 N–H and O–H groups in total. The number of fused-ring (bicyclic) bond motifs is 4. The van der Waals surface area contributed by atoms with Crippen molar-refractivity contribution >= 4 is 38.7 Å². The number of ether oxygens (including phenoxy) is 1. The van der Waals surface area contributed by atoms with Gasteiger partial charge in [0.05, 0.1) is 50.8 Å². The molecule has 0 amide bonds. The normalized spacial score (nSPS) is 11.6. The number of aryl methyl sites for hydroxylation is 1.